The maximum absolute atomic E-state index is 11.5. The maximum atomic E-state index is 11.5. The van der Waals surface area contributed by atoms with Crippen molar-refractivity contribution in [3.05, 3.63) is 6.33 Å². The van der Waals surface area contributed by atoms with Crippen molar-refractivity contribution in [2.45, 2.75) is 37.9 Å². The highest BCUT2D eigenvalue weighted by molar-refractivity contribution is 7.99. The number of carbonyl (C=O) groups excluding carboxylic acids is 1. The number of nitrogens with zero attached hydrogens (tertiary/aromatic N) is 3. The van der Waals surface area contributed by atoms with Crippen molar-refractivity contribution in [2.24, 2.45) is 5.92 Å². The topological polar surface area (TPSA) is 69.0 Å². The van der Waals surface area contributed by atoms with E-state index in [-0.39, 0.29) is 5.91 Å². The molecule has 1 fully saturated rings. The molecule has 7 heteroatoms. The van der Waals surface area contributed by atoms with E-state index in [1.165, 1.54) is 24.6 Å². The molecule has 1 N–H and O–H groups in total. The fourth-order valence-corrected chi connectivity index (χ4v) is 2.16. The minimum Gasteiger partial charge on any atom is -0.306 e. The summed E-state index contributed by atoms with van der Waals surface area (Å²) in [6.07, 6.45) is 4.08. The molecule has 1 saturated carbocycles. The van der Waals surface area contributed by atoms with Crippen LogP contribution in [-0.2, 0) is 9.63 Å². The third-order valence-corrected chi connectivity index (χ3v) is 3.37. The first-order valence-corrected chi connectivity index (χ1v) is 7.08. The monoisotopic (exact) mass is 270 g/mol. The third-order valence-electron chi connectivity index (χ3n) is 2.42. The average molecular weight is 270 g/mol. The highest BCUT2D eigenvalue weighted by atomic mass is 32.2. The molecule has 0 aromatic carbocycles. The van der Waals surface area contributed by atoms with E-state index in [4.69, 9.17) is 4.84 Å². The standard InChI is InChI=1S/C11H18N4O2S/c1-8(2)5-17-14-10(16)6-18-11-13-12-7-15(11)9-3-4-9/h7-9H,3-6H2,1-2H3,(H,14,16). The Kier molecular flexibility index (Phi) is 4.60. The minimum absolute atomic E-state index is 0.147. The Morgan fingerprint density at radius 3 is 3.11 bits per heavy atom. The van der Waals surface area contributed by atoms with Crippen LogP contribution in [0.3, 0.4) is 0 Å². The second-order valence-corrected chi connectivity index (χ2v) is 5.71. The summed E-state index contributed by atoms with van der Waals surface area (Å²) in [4.78, 5) is 16.6. The molecule has 0 radical (unpaired) electrons. The summed E-state index contributed by atoms with van der Waals surface area (Å²) in [6, 6.07) is 0.530. The van der Waals surface area contributed by atoms with Gasteiger partial charge < -0.3 is 4.57 Å². The number of hydrogen-bond acceptors (Lipinski definition) is 5. The van der Waals surface area contributed by atoms with Crippen molar-refractivity contribution in [3.63, 3.8) is 0 Å². The maximum Gasteiger partial charge on any atom is 0.254 e. The minimum atomic E-state index is -0.147. The van der Waals surface area contributed by atoms with Gasteiger partial charge in [0.25, 0.3) is 5.91 Å². The van der Waals surface area contributed by atoms with Crippen LogP contribution >= 0.6 is 11.8 Å². The second-order valence-electron chi connectivity index (χ2n) is 4.77. The number of thioether (sulfide) groups is 1. The zero-order valence-corrected chi connectivity index (χ0v) is 11.4. The number of carbonyl (C=O) groups is 1. The Morgan fingerprint density at radius 1 is 1.67 bits per heavy atom. The van der Waals surface area contributed by atoms with Gasteiger partial charge in [-0.3, -0.25) is 9.63 Å². The van der Waals surface area contributed by atoms with Crippen molar-refractivity contribution in [1.82, 2.24) is 20.2 Å². The van der Waals surface area contributed by atoms with Crippen LogP contribution in [0.4, 0.5) is 0 Å². The molecule has 1 aromatic rings. The van der Waals surface area contributed by atoms with Gasteiger partial charge in [0, 0.05) is 6.04 Å². The Labute approximate surface area is 110 Å². The van der Waals surface area contributed by atoms with Crippen LogP contribution in [-0.4, -0.2) is 33.0 Å². The van der Waals surface area contributed by atoms with Gasteiger partial charge in [0.05, 0.1) is 12.4 Å². The van der Waals surface area contributed by atoms with E-state index in [9.17, 15) is 4.79 Å². The number of nitrogens with one attached hydrogen (secondary N) is 1. The number of hydrogen-bond donors (Lipinski definition) is 1. The molecule has 0 saturated heterocycles. The summed E-state index contributed by atoms with van der Waals surface area (Å²) in [6.45, 7) is 4.58. The first-order valence-electron chi connectivity index (χ1n) is 6.09. The Balaban J connectivity index is 1.70. The fraction of sp³-hybridized carbons (Fsp3) is 0.727. The van der Waals surface area contributed by atoms with Crippen molar-refractivity contribution in [3.8, 4) is 0 Å². The van der Waals surface area contributed by atoms with Crippen LogP contribution in [0.15, 0.2) is 11.5 Å². The fourth-order valence-electron chi connectivity index (χ4n) is 1.39. The molecule has 1 heterocycles. The highest BCUT2D eigenvalue weighted by Crippen LogP contribution is 2.37. The molecule has 0 spiro atoms. The van der Waals surface area contributed by atoms with Crippen LogP contribution in [0.1, 0.15) is 32.7 Å². The van der Waals surface area contributed by atoms with E-state index in [0.29, 0.717) is 24.3 Å². The quantitative estimate of drug-likeness (QED) is 0.599. The molecule has 1 aromatic heterocycles. The lowest BCUT2D eigenvalue weighted by Crippen LogP contribution is -2.27. The highest BCUT2D eigenvalue weighted by Gasteiger charge is 2.26. The number of rotatable bonds is 7. The van der Waals surface area contributed by atoms with Crippen molar-refractivity contribution in [1.29, 1.82) is 0 Å². The predicted molar refractivity (Wildman–Crippen MR) is 67.9 cm³/mol. The smallest absolute Gasteiger partial charge is 0.254 e. The summed E-state index contributed by atoms with van der Waals surface area (Å²) in [5, 5.41) is 8.69. The zero-order valence-electron chi connectivity index (χ0n) is 10.6. The van der Waals surface area contributed by atoms with Crippen LogP contribution < -0.4 is 5.48 Å². The largest absolute Gasteiger partial charge is 0.306 e. The van der Waals surface area contributed by atoms with E-state index in [1.54, 1.807) is 6.33 Å². The molecule has 2 rings (SSSR count). The van der Waals surface area contributed by atoms with Gasteiger partial charge >= 0.3 is 0 Å². The van der Waals surface area contributed by atoms with Gasteiger partial charge in [0.15, 0.2) is 5.16 Å². The summed E-state index contributed by atoms with van der Waals surface area (Å²) in [5.74, 6) is 0.547. The van der Waals surface area contributed by atoms with Gasteiger partial charge in [-0.1, -0.05) is 25.6 Å². The molecular formula is C11H18N4O2S. The molecule has 6 nitrogen and oxygen atoms in total. The van der Waals surface area contributed by atoms with Gasteiger partial charge in [-0.2, -0.15) is 0 Å². The molecule has 18 heavy (non-hydrogen) atoms. The normalized spacial score (nSPS) is 15.1. The van der Waals surface area contributed by atoms with Gasteiger partial charge in [-0.15, -0.1) is 10.2 Å². The average Bonchev–Trinajstić information content (AvgIpc) is 3.05. The molecule has 1 aliphatic carbocycles. The summed E-state index contributed by atoms with van der Waals surface area (Å²) in [7, 11) is 0. The van der Waals surface area contributed by atoms with E-state index < -0.39 is 0 Å². The zero-order chi connectivity index (χ0) is 13.0. The van der Waals surface area contributed by atoms with Gasteiger partial charge in [-0.05, 0) is 18.8 Å². The van der Waals surface area contributed by atoms with E-state index >= 15 is 0 Å². The molecule has 0 unspecified atom stereocenters. The Hall–Kier alpha value is -1.08. The first-order chi connectivity index (χ1) is 8.66. The van der Waals surface area contributed by atoms with Crippen molar-refractivity contribution < 1.29 is 9.63 Å². The number of hydroxylamine groups is 1. The van der Waals surface area contributed by atoms with E-state index in [0.717, 1.165) is 5.16 Å². The van der Waals surface area contributed by atoms with Gasteiger partial charge in [0.2, 0.25) is 0 Å². The van der Waals surface area contributed by atoms with E-state index in [1.807, 2.05) is 18.4 Å². The van der Waals surface area contributed by atoms with Crippen LogP contribution in [0.25, 0.3) is 0 Å². The number of aromatic nitrogens is 3. The van der Waals surface area contributed by atoms with E-state index in [2.05, 4.69) is 15.7 Å². The Bertz CT molecular complexity index is 404. The molecule has 100 valence electrons. The third kappa shape index (κ3) is 3.99. The van der Waals surface area contributed by atoms with Crippen LogP contribution in [0, 0.1) is 5.92 Å². The Morgan fingerprint density at radius 2 is 2.44 bits per heavy atom. The van der Waals surface area contributed by atoms with Crippen molar-refractivity contribution >= 4 is 17.7 Å². The predicted octanol–water partition coefficient (Wildman–Crippen LogP) is 1.41. The molecule has 1 amide bonds. The van der Waals surface area contributed by atoms with Crippen LogP contribution in [0.5, 0.6) is 0 Å². The second kappa shape index (κ2) is 6.19. The number of amides is 1. The lowest BCUT2D eigenvalue weighted by Gasteiger charge is -2.07. The first kappa shape index (κ1) is 13.4. The van der Waals surface area contributed by atoms with Crippen LogP contribution in [0.2, 0.25) is 0 Å². The van der Waals surface area contributed by atoms with Gasteiger partial charge in [-0.25, -0.2) is 5.48 Å². The summed E-state index contributed by atoms with van der Waals surface area (Å²) >= 11 is 1.39. The molecule has 0 bridgehead atoms. The summed E-state index contributed by atoms with van der Waals surface area (Å²) in [5.41, 5.74) is 2.42. The summed E-state index contributed by atoms with van der Waals surface area (Å²) < 4.78 is 2.03. The molecule has 0 atom stereocenters. The molecular weight excluding hydrogens is 252 g/mol. The van der Waals surface area contributed by atoms with Crippen molar-refractivity contribution in [2.75, 3.05) is 12.4 Å². The van der Waals surface area contributed by atoms with Gasteiger partial charge in [0.1, 0.15) is 6.33 Å². The SMILES string of the molecule is CC(C)CONC(=O)CSc1nncn1C1CC1. The molecule has 0 aliphatic heterocycles. The lowest BCUT2D eigenvalue weighted by atomic mass is 10.2. The molecule has 1 aliphatic rings. The lowest BCUT2D eigenvalue weighted by molar-refractivity contribution is -0.131.